The van der Waals surface area contributed by atoms with Gasteiger partial charge in [0, 0.05) is 23.2 Å². The van der Waals surface area contributed by atoms with E-state index in [1.54, 1.807) is 24.1 Å². The van der Waals surface area contributed by atoms with Crippen LogP contribution in [0.25, 0.3) is 10.9 Å². The van der Waals surface area contributed by atoms with Crippen LogP contribution >= 0.6 is 0 Å². The molecule has 1 heterocycles. The number of amides is 1. The van der Waals surface area contributed by atoms with Crippen LogP contribution in [-0.2, 0) is 6.54 Å². The molecule has 2 aromatic carbocycles. The van der Waals surface area contributed by atoms with Gasteiger partial charge in [0.2, 0.25) is 0 Å². The molecule has 0 aliphatic heterocycles. The van der Waals surface area contributed by atoms with Gasteiger partial charge in [0.1, 0.15) is 11.6 Å². The monoisotopic (exact) mass is 368 g/mol. The number of pyridine rings is 1. The van der Waals surface area contributed by atoms with E-state index >= 15 is 0 Å². The van der Waals surface area contributed by atoms with Crippen LogP contribution in [0.15, 0.2) is 53.3 Å². The van der Waals surface area contributed by atoms with Crippen molar-refractivity contribution in [3.05, 3.63) is 75.8 Å². The van der Waals surface area contributed by atoms with E-state index in [-0.39, 0.29) is 24.1 Å². The van der Waals surface area contributed by atoms with E-state index in [1.807, 2.05) is 26.0 Å². The smallest absolute Gasteiger partial charge is 0.254 e. The van der Waals surface area contributed by atoms with E-state index in [0.29, 0.717) is 22.4 Å². The van der Waals surface area contributed by atoms with E-state index in [2.05, 4.69) is 4.98 Å². The van der Waals surface area contributed by atoms with E-state index < -0.39 is 5.82 Å². The second kappa shape index (κ2) is 7.61. The Balaban J connectivity index is 1.94. The minimum absolute atomic E-state index is 0.131. The average molecular weight is 368 g/mol. The van der Waals surface area contributed by atoms with E-state index in [4.69, 9.17) is 4.74 Å². The molecule has 0 unspecified atom stereocenters. The molecule has 1 N–H and O–H groups in total. The number of hydrogen-bond acceptors (Lipinski definition) is 3. The molecule has 0 radical (unpaired) electrons. The topological polar surface area (TPSA) is 62.4 Å². The van der Waals surface area contributed by atoms with Crippen molar-refractivity contribution in [2.75, 3.05) is 7.11 Å². The van der Waals surface area contributed by atoms with E-state index in [9.17, 15) is 14.0 Å². The number of methoxy groups -OCH3 is 1. The van der Waals surface area contributed by atoms with Gasteiger partial charge >= 0.3 is 0 Å². The van der Waals surface area contributed by atoms with Gasteiger partial charge in [-0.3, -0.25) is 9.59 Å². The zero-order chi connectivity index (χ0) is 19.6. The Labute approximate surface area is 156 Å². The molecule has 0 aliphatic carbocycles. The summed E-state index contributed by atoms with van der Waals surface area (Å²) in [6.45, 7) is 3.91. The van der Waals surface area contributed by atoms with Gasteiger partial charge in [-0.15, -0.1) is 0 Å². The number of carbonyl (C=O) groups excluding carboxylic acids is 1. The second-order valence-electron chi connectivity index (χ2n) is 6.61. The first-order chi connectivity index (χ1) is 12.9. The minimum atomic E-state index is -0.399. The number of aromatic amines is 1. The summed E-state index contributed by atoms with van der Waals surface area (Å²) in [7, 11) is 1.56. The lowest BCUT2D eigenvalue weighted by atomic mass is 10.1. The molecule has 0 fully saturated rings. The first kappa shape index (κ1) is 18.6. The summed E-state index contributed by atoms with van der Waals surface area (Å²) in [5.41, 5.74) is 1.28. The molecule has 1 aromatic heterocycles. The summed E-state index contributed by atoms with van der Waals surface area (Å²) < 4.78 is 18.3. The number of halogens is 1. The first-order valence-corrected chi connectivity index (χ1v) is 8.65. The van der Waals surface area contributed by atoms with Crippen molar-refractivity contribution in [1.29, 1.82) is 0 Å². The quantitative estimate of drug-likeness (QED) is 0.746. The molecule has 140 valence electrons. The van der Waals surface area contributed by atoms with Gasteiger partial charge in [0.05, 0.1) is 19.2 Å². The molecule has 5 nitrogen and oxygen atoms in total. The maximum Gasteiger partial charge on any atom is 0.254 e. The number of nitrogens with zero attached hydrogens (tertiary/aromatic N) is 1. The van der Waals surface area contributed by atoms with Crippen LogP contribution in [0.1, 0.15) is 29.8 Å². The fourth-order valence-corrected chi connectivity index (χ4v) is 2.90. The lowest BCUT2D eigenvalue weighted by Gasteiger charge is -2.27. The third-order valence-corrected chi connectivity index (χ3v) is 4.45. The van der Waals surface area contributed by atoms with Gasteiger partial charge in [0.15, 0.2) is 0 Å². The van der Waals surface area contributed by atoms with Crippen LogP contribution in [0, 0.1) is 5.82 Å². The highest BCUT2D eigenvalue weighted by atomic mass is 19.1. The highest BCUT2D eigenvalue weighted by Crippen LogP contribution is 2.20. The third-order valence-electron chi connectivity index (χ3n) is 4.45. The lowest BCUT2D eigenvalue weighted by Crippen LogP contribution is -2.38. The summed E-state index contributed by atoms with van der Waals surface area (Å²) in [6, 6.07) is 12.5. The fourth-order valence-electron chi connectivity index (χ4n) is 2.90. The maximum absolute atomic E-state index is 13.1. The fraction of sp³-hybridized carbons (Fsp3) is 0.238. The number of ether oxygens (including phenoxy) is 1. The first-order valence-electron chi connectivity index (χ1n) is 8.65. The highest BCUT2D eigenvalue weighted by Gasteiger charge is 2.20. The zero-order valence-corrected chi connectivity index (χ0v) is 15.5. The molecule has 0 spiro atoms. The Morgan fingerprint density at radius 1 is 1.15 bits per heavy atom. The Morgan fingerprint density at radius 2 is 1.85 bits per heavy atom. The molecule has 27 heavy (non-hydrogen) atoms. The summed E-state index contributed by atoms with van der Waals surface area (Å²) >= 11 is 0. The average Bonchev–Trinajstić information content (AvgIpc) is 2.65. The molecular formula is C21H21FN2O3. The van der Waals surface area contributed by atoms with Crippen LogP contribution in [0.3, 0.4) is 0 Å². The van der Waals surface area contributed by atoms with Crippen LogP contribution in [0.5, 0.6) is 5.75 Å². The van der Waals surface area contributed by atoms with Gasteiger partial charge < -0.3 is 14.6 Å². The maximum atomic E-state index is 13.1. The van der Waals surface area contributed by atoms with Crippen LogP contribution in [0.2, 0.25) is 0 Å². The number of benzene rings is 2. The van der Waals surface area contributed by atoms with Gasteiger partial charge in [-0.2, -0.15) is 0 Å². The van der Waals surface area contributed by atoms with Crippen molar-refractivity contribution in [2.24, 2.45) is 0 Å². The number of nitrogens with one attached hydrogen (secondary N) is 1. The molecule has 1 amide bonds. The third kappa shape index (κ3) is 4.00. The molecule has 3 aromatic rings. The SMILES string of the molecule is COc1ccc2cc(CN(C(=O)c3ccc(F)cc3)C(C)C)c(=O)[nH]c2c1. The Kier molecular flexibility index (Phi) is 5.26. The van der Waals surface area contributed by atoms with Gasteiger partial charge in [0.25, 0.3) is 11.5 Å². The summed E-state index contributed by atoms with van der Waals surface area (Å²) in [5.74, 6) is 0.00414. The van der Waals surface area contributed by atoms with Gasteiger partial charge in [-0.05, 0) is 61.7 Å². The molecule has 0 saturated heterocycles. The molecule has 0 aliphatic rings. The highest BCUT2D eigenvalue weighted by molar-refractivity contribution is 5.94. The molecule has 0 atom stereocenters. The standard InChI is InChI=1S/C21H21FN2O3/c1-13(2)24(21(26)14-4-7-17(22)8-5-14)12-16-10-15-6-9-18(27-3)11-19(15)23-20(16)25/h4-11,13H,12H2,1-3H3,(H,23,25). The normalized spacial score (nSPS) is 11.0. The number of rotatable bonds is 5. The van der Waals surface area contributed by atoms with Crippen molar-refractivity contribution in [3.63, 3.8) is 0 Å². The molecule has 6 heteroatoms. The minimum Gasteiger partial charge on any atom is -0.497 e. The number of carbonyl (C=O) groups is 1. The van der Waals surface area contributed by atoms with Gasteiger partial charge in [-0.1, -0.05) is 0 Å². The molecule has 0 saturated carbocycles. The van der Waals surface area contributed by atoms with Gasteiger partial charge in [-0.25, -0.2) is 4.39 Å². The lowest BCUT2D eigenvalue weighted by molar-refractivity contribution is 0.0689. The zero-order valence-electron chi connectivity index (χ0n) is 15.5. The van der Waals surface area contributed by atoms with E-state index in [1.165, 1.54) is 24.3 Å². The molecule has 0 bridgehead atoms. The number of fused-ring (bicyclic) bond motifs is 1. The van der Waals surface area contributed by atoms with Crippen LogP contribution in [0.4, 0.5) is 4.39 Å². The number of hydrogen-bond donors (Lipinski definition) is 1. The Hall–Kier alpha value is -3.15. The largest absolute Gasteiger partial charge is 0.497 e. The van der Waals surface area contributed by atoms with Crippen LogP contribution < -0.4 is 10.3 Å². The van der Waals surface area contributed by atoms with E-state index in [0.717, 1.165) is 5.39 Å². The van der Waals surface area contributed by atoms with Crippen molar-refractivity contribution in [3.8, 4) is 5.75 Å². The van der Waals surface area contributed by atoms with Crippen molar-refractivity contribution in [1.82, 2.24) is 9.88 Å². The predicted molar refractivity (Wildman–Crippen MR) is 103 cm³/mol. The van der Waals surface area contributed by atoms with Crippen molar-refractivity contribution >= 4 is 16.8 Å². The Bertz CT molecular complexity index is 1030. The summed E-state index contributed by atoms with van der Waals surface area (Å²) in [5, 5.41) is 0.850. The van der Waals surface area contributed by atoms with Crippen molar-refractivity contribution in [2.45, 2.75) is 26.4 Å². The summed E-state index contributed by atoms with van der Waals surface area (Å²) in [6.07, 6.45) is 0. The molecule has 3 rings (SSSR count). The van der Waals surface area contributed by atoms with Crippen molar-refractivity contribution < 1.29 is 13.9 Å². The Morgan fingerprint density at radius 3 is 2.48 bits per heavy atom. The summed E-state index contributed by atoms with van der Waals surface area (Å²) in [4.78, 5) is 29.8. The number of aromatic nitrogens is 1. The second-order valence-corrected chi connectivity index (χ2v) is 6.61. The predicted octanol–water partition coefficient (Wildman–Crippen LogP) is 3.73. The van der Waals surface area contributed by atoms with Crippen LogP contribution in [-0.4, -0.2) is 28.9 Å². The number of H-pyrrole nitrogens is 1. The molecular weight excluding hydrogens is 347 g/mol.